The van der Waals surface area contributed by atoms with Gasteiger partial charge in [0, 0.05) is 5.69 Å². The Morgan fingerprint density at radius 3 is 2.46 bits per heavy atom. The van der Waals surface area contributed by atoms with Gasteiger partial charge in [-0.05, 0) is 49.9 Å². The zero-order valence-electron chi connectivity index (χ0n) is 16.6. The summed E-state index contributed by atoms with van der Waals surface area (Å²) in [4.78, 5) is 23.9. The second-order valence-corrected chi connectivity index (χ2v) is 7.49. The Kier molecular flexibility index (Phi) is 9.07. The zero-order chi connectivity index (χ0) is 20.4. The van der Waals surface area contributed by atoms with Crippen LogP contribution in [0.3, 0.4) is 0 Å². The lowest BCUT2D eigenvalue weighted by atomic mass is 9.86. The first-order chi connectivity index (χ1) is 13.5. The summed E-state index contributed by atoms with van der Waals surface area (Å²) in [7, 11) is 0. The van der Waals surface area contributed by atoms with Crippen molar-refractivity contribution in [1.82, 2.24) is 4.90 Å². The van der Waals surface area contributed by atoms with Gasteiger partial charge in [0.1, 0.15) is 5.75 Å². The van der Waals surface area contributed by atoms with Gasteiger partial charge in [-0.25, -0.2) is 14.5 Å². The third kappa shape index (κ3) is 7.03. The molecule has 1 aromatic rings. The topological polar surface area (TPSA) is 99.1 Å². The molecular formula is C21H32N2O5. The van der Waals surface area contributed by atoms with Crippen molar-refractivity contribution >= 4 is 17.8 Å². The maximum atomic E-state index is 12.1. The molecule has 0 aromatic heterocycles. The average molecular weight is 392 g/mol. The Hall–Kier alpha value is -2.28. The number of carbonyl (C=O) groups is 2. The molecule has 3 N–H and O–H groups in total. The van der Waals surface area contributed by atoms with Gasteiger partial charge in [0.2, 0.25) is 0 Å². The molecule has 1 aliphatic rings. The highest BCUT2D eigenvalue weighted by molar-refractivity contribution is 5.98. The van der Waals surface area contributed by atoms with E-state index in [2.05, 4.69) is 5.32 Å². The summed E-state index contributed by atoms with van der Waals surface area (Å²) in [6.45, 7) is 1.69. The minimum Gasteiger partial charge on any atom is -0.494 e. The van der Waals surface area contributed by atoms with Crippen molar-refractivity contribution in [3.05, 3.63) is 24.3 Å². The molecule has 1 fully saturated rings. The Balaban J connectivity index is 1.71. The van der Waals surface area contributed by atoms with Crippen LogP contribution in [0.4, 0.5) is 15.3 Å². The molecule has 0 bridgehead atoms. The van der Waals surface area contributed by atoms with Gasteiger partial charge in [0.25, 0.3) is 0 Å². The van der Waals surface area contributed by atoms with Crippen molar-refractivity contribution in [1.29, 1.82) is 0 Å². The minimum absolute atomic E-state index is 0.437. The van der Waals surface area contributed by atoms with Crippen LogP contribution in [0, 0.1) is 5.92 Å². The summed E-state index contributed by atoms with van der Waals surface area (Å²) in [5.41, 5.74) is 0.464. The fraction of sp³-hybridized carbons (Fsp3) is 0.619. The monoisotopic (exact) mass is 392 g/mol. The molecule has 0 radical (unpaired) electrons. The molecule has 156 valence electrons. The number of aliphatic hydroxyl groups is 1. The number of unbranched alkanes of at least 4 members (excludes halogenated alkanes) is 1. The average Bonchev–Trinajstić information content (AvgIpc) is 2.69. The number of nitrogens with one attached hydrogen (secondary N) is 1. The first kappa shape index (κ1) is 22.0. The van der Waals surface area contributed by atoms with Crippen LogP contribution >= 0.6 is 0 Å². The Morgan fingerprint density at radius 1 is 1.18 bits per heavy atom. The molecule has 2 rings (SSSR count). The van der Waals surface area contributed by atoms with Crippen LogP contribution in [0.25, 0.3) is 0 Å². The molecule has 0 saturated heterocycles. The van der Waals surface area contributed by atoms with E-state index in [4.69, 9.17) is 14.9 Å². The van der Waals surface area contributed by atoms with Crippen molar-refractivity contribution in [2.75, 3.05) is 18.5 Å². The van der Waals surface area contributed by atoms with Crippen LogP contribution in [0.15, 0.2) is 24.3 Å². The first-order valence-electron chi connectivity index (χ1n) is 10.2. The molecule has 1 unspecified atom stereocenters. The molecule has 7 heteroatoms. The normalized spacial score (nSPS) is 15.6. The van der Waals surface area contributed by atoms with Gasteiger partial charge in [-0.15, -0.1) is 0 Å². The van der Waals surface area contributed by atoms with E-state index in [1.54, 1.807) is 24.3 Å². The number of anilines is 1. The van der Waals surface area contributed by atoms with Gasteiger partial charge < -0.3 is 20.3 Å². The molecule has 1 aliphatic carbocycles. The van der Waals surface area contributed by atoms with Gasteiger partial charge in [-0.3, -0.25) is 0 Å². The van der Waals surface area contributed by atoms with Crippen LogP contribution in [-0.2, 0) is 0 Å². The predicted octanol–water partition coefficient (Wildman–Crippen LogP) is 4.71. The lowest BCUT2D eigenvalue weighted by Gasteiger charge is -2.23. The number of ether oxygens (including phenoxy) is 1. The molecule has 7 nitrogen and oxygen atoms in total. The Morgan fingerprint density at radius 2 is 1.86 bits per heavy atom. The maximum absolute atomic E-state index is 12.1. The molecule has 28 heavy (non-hydrogen) atoms. The van der Waals surface area contributed by atoms with Crippen molar-refractivity contribution in [3.63, 3.8) is 0 Å². The van der Waals surface area contributed by atoms with Crippen molar-refractivity contribution in [2.45, 2.75) is 64.3 Å². The third-order valence-corrected chi connectivity index (χ3v) is 5.24. The number of carbonyl (C=O) groups excluding carboxylic acids is 1. The fourth-order valence-corrected chi connectivity index (χ4v) is 3.58. The second kappa shape index (κ2) is 11.5. The SMILES string of the molecule is CC(CO)N(C(=O)O)C(=O)Nc1ccc(OCCCCC2CCCCC2)cc1. The number of nitrogens with zero attached hydrogens (tertiary/aromatic N) is 1. The van der Waals surface area contributed by atoms with Gasteiger partial charge in [0.15, 0.2) is 0 Å². The number of aliphatic hydroxyl groups excluding tert-OH is 1. The Labute approximate surface area is 166 Å². The summed E-state index contributed by atoms with van der Waals surface area (Å²) in [6.07, 6.45) is 9.02. The van der Waals surface area contributed by atoms with Crippen LogP contribution < -0.4 is 10.1 Å². The summed E-state index contributed by atoms with van der Waals surface area (Å²) < 4.78 is 5.75. The van der Waals surface area contributed by atoms with E-state index in [0.29, 0.717) is 17.2 Å². The standard InChI is InChI=1S/C21H32N2O5/c1-16(15-24)23(21(26)27)20(25)22-18-10-12-19(13-11-18)28-14-6-5-9-17-7-3-2-4-8-17/h10-13,16-17,24H,2-9,14-15H2,1H3,(H,22,25)(H,26,27). The lowest BCUT2D eigenvalue weighted by molar-refractivity contribution is 0.120. The quantitative estimate of drug-likeness (QED) is 0.529. The lowest BCUT2D eigenvalue weighted by Crippen LogP contribution is -2.46. The van der Waals surface area contributed by atoms with E-state index >= 15 is 0 Å². The van der Waals surface area contributed by atoms with Gasteiger partial charge >= 0.3 is 12.1 Å². The van der Waals surface area contributed by atoms with E-state index in [-0.39, 0.29) is 0 Å². The highest BCUT2D eigenvalue weighted by atomic mass is 16.5. The molecule has 0 aliphatic heterocycles. The molecule has 3 amide bonds. The molecular weight excluding hydrogens is 360 g/mol. The Bertz CT molecular complexity index is 614. The van der Waals surface area contributed by atoms with Crippen LogP contribution in [-0.4, -0.2) is 46.5 Å². The number of carboxylic acid groups (broad SMARTS) is 1. The fourth-order valence-electron chi connectivity index (χ4n) is 3.58. The second-order valence-electron chi connectivity index (χ2n) is 7.49. The first-order valence-corrected chi connectivity index (χ1v) is 10.2. The zero-order valence-corrected chi connectivity index (χ0v) is 16.6. The molecule has 1 saturated carbocycles. The minimum atomic E-state index is -1.41. The summed E-state index contributed by atoms with van der Waals surface area (Å²) in [6, 6.07) is 5.20. The van der Waals surface area contributed by atoms with Gasteiger partial charge in [0.05, 0.1) is 19.3 Å². The van der Waals surface area contributed by atoms with Gasteiger partial charge in [-0.2, -0.15) is 0 Å². The highest BCUT2D eigenvalue weighted by Gasteiger charge is 2.26. The number of hydrogen-bond acceptors (Lipinski definition) is 4. The molecule has 1 atom stereocenters. The van der Waals surface area contributed by atoms with E-state index in [0.717, 1.165) is 18.1 Å². The number of hydrogen-bond donors (Lipinski definition) is 3. The van der Waals surface area contributed by atoms with Crippen molar-refractivity contribution in [3.8, 4) is 5.75 Å². The summed E-state index contributed by atoms with van der Waals surface area (Å²) in [5, 5.41) is 20.7. The number of rotatable bonds is 9. The maximum Gasteiger partial charge on any atom is 0.415 e. The third-order valence-electron chi connectivity index (χ3n) is 5.24. The highest BCUT2D eigenvalue weighted by Crippen LogP contribution is 2.27. The molecule has 1 aromatic carbocycles. The number of benzene rings is 1. The summed E-state index contributed by atoms with van der Waals surface area (Å²) >= 11 is 0. The summed E-state index contributed by atoms with van der Waals surface area (Å²) in [5.74, 6) is 1.62. The number of urea groups is 1. The van der Waals surface area contributed by atoms with Crippen LogP contribution in [0.2, 0.25) is 0 Å². The number of amides is 3. The van der Waals surface area contributed by atoms with E-state index in [9.17, 15) is 9.59 Å². The van der Waals surface area contributed by atoms with Gasteiger partial charge in [-0.1, -0.05) is 38.5 Å². The number of imide groups is 1. The predicted molar refractivity (Wildman–Crippen MR) is 108 cm³/mol. The van der Waals surface area contributed by atoms with E-state index in [1.165, 1.54) is 51.9 Å². The van der Waals surface area contributed by atoms with Crippen LogP contribution in [0.1, 0.15) is 58.3 Å². The van der Waals surface area contributed by atoms with E-state index < -0.39 is 24.8 Å². The molecule has 0 spiro atoms. The van der Waals surface area contributed by atoms with Crippen molar-refractivity contribution in [2.24, 2.45) is 5.92 Å². The largest absolute Gasteiger partial charge is 0.494 e. The smallest absolute Gasteiger partial charge is 0.415 e. The van der Waals surface area contributed by atoms with E-state index in [1.807, 2.05) is 0 Å². The molecule has 0 heterocycles. The van der Waals surface area contributed by atoms with Crippen molar-refractivity contribution < 1.29 is 24.5 Å². The van der Waals surface area contributed by atoms with Crippen LogP contribution in [0.5, 0.6) is 5.75 Å².